The molecule has 100 valence electrons. The van der Waals surface area contributed by atoms with Crippen molar-refractivity contribution in [3.05, 3.63) is 38.5 Å². The third-order valence-corrected chi connectivity index (χ3v) is 4.72. The number of amides is 1. The maximum Gasteiger partial charge on any atom is 0.265 e. The van der Waals surface area contributed by atoms with Gasteiger partial charge in [0, 0.05) is 6.07 Å². The first kappa shape index (κ1) is 13.9. The first-order valence-corrected chi connectivity index (χ1v) is 7.13. The monoisotopic (exact) mass is 340 g/mol. The van der Waals surface area contributed by atoms with Gasteiger partial charge in [0.05, 0.1) is 27.1 Å². The van der Waals surface area contributed by atoms with Crippen LogP contribution in [0.2, 0.25) is 0 Å². The molecule has 0 atom stereocenters. The van der Waals surface area contributed by atoms with E-state index in [4.69, 9.17) is 10.5 Å². The minimum Gasteiger partial charge on any atom is -0.497 e. The summed E-state index contributed by atoms with van der Waals surface area (Å²) in [5.41, 5.74) is 7.95. The zero-order chi connectivity index (χ0) is 14.0. The van der Waals surface area contributed by atoms with Gasteiger partial charge < -0.3 is 15.8 Å². The summed E-state index contributed by atoms with van der Waals surface area (Å²) >= 11 is 4.79. The zero-order valence-corrected chi connectivity index (χ0v) is 12.9. The van der Waals surface area contributed by atoms with Gasteiger partial charge in [0.15, 0.2) is 0 Å². The van der Waals surface area contributed by atoms with E-state index >= 15 is 0 Å². The van der Waals surface area contributed by atoms with E-state index in [-0.39, 0.29) is 5.91 Å². The van der Waals surface area contributed by atoms with Gasteiger partial charge in [0.2, 0.25) is 0 Å². The summed E-state index contributed by atoms with van der Waals surface area (Å²) in [6.45, 7) is 1.94. The van der Waals surface area contributed by atoms with E-state index in [9.17, 15) is 4.79 Å². The molecule has 2 rings (SSSR count). The van der Waals surface area contributed by atoms with Crippen LogP contribution in [-0.4, -0.2) is 13.0 Å². The van der Waals surface area contributed by atoms with Crippen LogP contribution in [0.5, 0.6) is 5.75 Å². The lowest BCUT2D eigenvalue weighted by atomic mass is 10.2. The number of nitrogen functional groups attached to an aromatic ring is 1. The van der Waals surface area contributed by atoms with Crippen molar-refractivity contribution in [1.29, 1.82) is 0 Å². The Morgan fingerprint density at radius 3 is 2.68 bits per heavy atom. The highest BCUT2D eigenvalue weighted by Crippen LogP contribution is 2.29. The first-order chi connectivity index (χ1) is 9.01. The number of methoxy groups -OCH3 is 1. The molecular formula is C13H13BrN2O2S. The number of benzene rings is 1. The number of hydrogen-bond donors (Lipinski definition) is 2. The number of carbonyl (C=O) groups excluding carboxylic acids is 1. The summed E-state index contributed by atoms with van der Waals surface area (Å²) in [5, 5.41) is 2.79. The smallest absolute Gasteiger partial charge is 0.265 e. The fourth-order valence-electron chi connectivity index (χ4n) is 1.54. The second kappa shape index (κ2) is 5.63. The second-order valence-electron chi connectivity index (χ2n) is 3.97. The van der Waals surface area contributed by atoms with Gasteiger partial charge in [-0.25, -0.2) is 0 Å². The molecule has 0 radical (unpaired) electrons. The van der Waals surface area contributed by atoms with Crippen LogP contribution in [0.25, 0.3) is 0 Å². The van der Waals surface area contributed by atoms with Crippen LogP contribution >= 0.6 is 27.3 Å². The van der Waals surface area contributed by atoms with Crippen molar-refractivity contribution in [2.75, 3.05) is 18.2 Å². The number of rotatable bonds is 3. The van der Waals surface area contributed by atoms with Gasteiger partial charge in [0.1, 0.15) is 5.75 Å². The number of anilines is 2. The highest BCUT2D eigenvalue weighted by atomic mass is 79.9. The molecule has 3 N–H and O–H groups in total. The third kappa shape index (κ3) is 3.08. The standard InChI is InChI=1S/C13H13BrN2O2S/c1-7-5-11(19-12(7)14)13(17)16-10-4-3-8(18-2)6-9(10)15/h3-6H,15H2,1-2H3,(H,16,17). The van der Waals surface area contributed by atoms with E-state index in [1.54, 1.807) is 25.3 Å². The Bertz CT molecular complexity index is 606. The fourth-order valence-corrected chi connectivity index (χ4v) is 2.97. The molecule has 0 bridgehead atoms. The second-order valence-corrected chi connectivity index (χ2v) is 6.34. The van der Waals surface area contributed by atoms with Crippen molar-refractivity contribution < 1.29 is 9.53 Å². The van der Waals surface area contributed by atoms with E-state index < -0.39 is 0 Å². The summed E-state index contributed by atoms with van der Waals surface area (Å²) in [4.78, 5) is 12.7. The number of hydrogen-bond acceptors (Lipinski definition) is 4. The molecule has 1 aromatic heterocycles. The van der Waals surface area contributed by atoms with E-state index in [1.807, 2.05) is 13.0 Å². The van der Waals surface area contributed by atoms with Crippen LogP contribution in [0.1, 0.15) is 15.2 Å². The Hall–Kier alpha value is -1.53. The van der Waals surface area contributed by atoms with Crippen molar-refractivity contribution in [3.63, 3.8) is 0 Å². The number of halogens is 1. The lowest BCUT2D eigenvalue weighted by molar-refractivity contribution is 0.103. The Morgan fingerprint density at radius 1 is 1.42 bits per heavy atom. The highest BCUT2D eigenvalue weighted by Gasteiger charge is 2.12. The van der Waals surface area contributed by atoms with Gasteiger partial charge in [-0.3, -0.25) is 4.79 Å². The van der Waals surface area contributed by atoms with Crippen LogP contribution in [0, 0.1) is 6.92 Å². The summed E-state index contributed by atoms with van der Waals surface area (Å²) in [6.07, 6.45) is 0. The largest absolute Gasteiger partial charge is 0.497 e. The third-order valence-electron chi connectivity index (χ3n) is 2.59. The molecule has 0 saturated carbocycles. The van der Waals surface area contributed by atoms with Crippen LogP contribution in [0.15, 0.2) is 28.1 Å². The summed E-state index contributed by atoms with van der Waals surface area (Å²) in [7, 11) is 1.57. The number of carbonyl (C=O) groups is 1. The van der Waals surface area contributed by atoms with Gasteiger partial charge in [-0.05, 0) is 46.6 Å². The van der Waals surface area contributed by atoms with Crippen molar-refractivity contribution >= 4 is 44.5 Å². The molecule has 0 fully saturated rings. The van der Waals surface area contributed by atoms with E-state index in [0.29, 0.717) is 22.0 Å². The van der Waals surface area contributed by atoms with Crippen molar-refractivity contribution in [2.45, 2.75) is 6.92 Å². The quantitative estimate of drug-likeness (QED) is 0.838. The van der Waals surface area contributed by atoms with Crippen LogP contribution in [0.3, 0.4) is 0 Å². The molecule has 0 aliphatic heterocycles. The van der Waals surface area contributed by atoms with Gasteiger partial charge in [0.25, 0.3) is 5.91 Å². The Morgan fingerprint density at radius 2 is 2.16 bits per heavy atom. The van der Waals surface area contributed by atoms with Gasteiger partial charge in [-0.2, -0.15) is 0 Å². The number of thiophene rings is 1. The molecule has 0 spiro atoms. The van der Waals surface area contributed by atoms with Crippen molar-refractivity contribution in [3.8, 4) is 5.75 Å². The van der Waals surface area contributed by atoms with Crippen LogP contribution in [0.4, 0.5) is 11.4 Å². The Labute approximate surface area is 123 Å². The maximum absolute atomic E-state index is 12.1. The zero-order valence-electron chi connectivity index (χ0n) is 10.5. The fraction of sp³-hybridized carbons (Fsp3) is 0.154. The molecule has 1 heterocycles. The number of ether oxygens (including phenoxy) is 1. The molecule has 1 aromatic carbocycles. The van der Waals surface area contributed by atoms with E-state index in [1.165, 1.54) is 11.3 Å². The minimum atomic E-state index is -0.171. The van der Waals surface area contributed by atoms with E-state index in [2.05, 4.69) is 21.2 Å². The average molecular weight is 341 g/mol. The molecule has 19 heavy (non-hydrogen) atoms. The Kier molecular flexibility index (Phi) is 4.11. The van der Waals surface area contributed by atoms with Gasteiger partial charge >= 0.3 is 0 Å². The summed E-state index contributed by atoms with van der Waals surface area (Å²) in [5.74, 6) is 0.487. The lowest BCUT2D eigenvalue weighted by Crippen LogP contribution is -2.11. The van der Waals surface area contributed by atoms with Gasteiger partial charge in [-0.15, -0.1) is 11.3 Å². The lowest BCUT2D eigenvalue weighted by Gasteiger charge is -2.08. The van der Waals surface area contributed by atoms with Crippen LogP contribution < -0.4 is 15.8 Å². The maximum atomic E-state index is 12.1. The molecule has 1 amide bonds. The molecule has 6 heteroatoms. The summed E-state index contributed by atoms with van der Waals surface area (Å²) in [6, 6.07) is 6.98. The predicted molar refractivity (Wildman–Crippen MR) is 82.1 cm³/mol. The average Bonchev–Trinajstić information content (AvgIpc) is 2.72. The van der Waals surface area contributed by atoms with E-state index in [0.717, 1.165) is 9.35 Å². The molecule has 4 nitrogen and oxygen atoms in total. The molecule has 0 saturated heterocycles. The number of nitrogens with two attached hydrogens (primary N) is 1. The molecule has 0 aliphatic carbocycles. The predicted octanol–water partition coefficient (Wildman–Crippen LogP) is 3.66. The van der Waals surface area contributed by atoms with Gasteiger partial charge in [-0.1, -0.05) is 0 Å². The Balaban J connectivity index is 2.19. The number of nitrogens with one attached hydrogen (secondary N) is 1. The SMILES string of the molecule is COc1ccc(NC(=O)c2cc(C)c(Br)s2)c(N)c1. The number of aryl methyl sites for hydroxylation is 1. The normalized spacial score (nSPS) is 10.3. The summed E-state index contributed by atoms with van der Waals surface area (Å²) < 4.78 is 6.02. The highest BCUT2D eigenvalue weighted by molar-refractivity contribution is 9.11. The molecule has 0 unspecified atom stereocenters. The van der Waals surface area contributed by atoms with Crippen LogP contribution in [-0.2, 0) is 0 Å². The topological polar surface area (TPSA) is 64.3 Å². The van der Waals surface area contributed by atoms with Crippen molar-refractivity contribution in [2.24, 2.45) is 0 Å². The molecular weight excluding hydrogens is 328 g/mol. The molecule has 2 aromatic rings. The first-order valence-electron chi connectivity index (χ1n) is 5.52. The van der Waals surface area contributed by atoms with Crippen molar-refractivity contribution in [1.82, 2.24) is 0 Å². The molecule has 0 aliphatic rings. The minimum absolute atomic E-state index is 0.171.